The maximum Gasteiger partial charge on any atom is 0.261 e. The van der Waals surface area contributed by atoms with E-state index in [0.29, 0.717) is 40.8 Å². The van der Waals surface area contributed by atoms with Gasteiger partial charge in [-0.05, 0) is 13.0 Å². The molecule has 1 fully saturated rings. The molecule has 0 spiro atoms. The number of H-pyrrole nitrogens is 1. The molecule has 1 aliphatic rings. The fraction of sp³-hybridized carbons (Fsp3) is 0.318. The third kappa shape index (κ3) is 3.56. The van der Waals surface area contributed by atoms with Gasteiger partial charge in [0.2, 0.25) is 5.91 Å². The van der Waals surface area contributed by atoms with Gasteiger partial charge in [-0.25, -0.2) is 4.52 Å². The van der Waals surface area contributed by atoms with Crippen molar-refractivity contribution in [1.29, 1.82) is 0 Å². The average Bonchev–Trinajstić information content (AvgIpc) is 3.49. The van der Waals surface area contributed by atoms with Crippen molar-refractivity contribution < 1.29 is 9.53 Å². The number of aromatic amines is 1. The summed E-state index contributed by atoms with van der Waals surface area (Å²) >= 11 is 1.48. The zero-order valence-electron chi connectivity index (χ0n) is 18.6. The molecule has 5 aromatic heterocycles. The maximum atomic E-state index is 13.0. The van der Waals surface area contributed by atoms with Crippen molar-refractivity contribution >= 4 is 49.7 Å². The zero-order chi connectivity index (χ0) is 23.4. The Labute approximate surface area is 197 Å². The van der Waals surface area contributed by atoms with Gasteiger partial charge in [0.25, 0.3) is 5.56 Å². The van der Waals surface area contributed by atoms with Gasteiger partial charge in [-0.3, -0.25) is 24.2 Å². The van der Waals surface area contributed by atoms with Crippen LogP contribution in [0.4, 0.5) is 5.69 Å². The SMILES string of the molecule is C[C@H]1COCCN1CC(=O)Nc1cnc2c(c1)[nH]c(=O)c1c2nn2cc(-c3cnn(C)c3)sc12. The van der Waals surface area contributed by atoms with Crippen LogP contribution in [0, 0.1) is 0 Å². The van der Waals surface area contributed by atoms with Gasteiger partial charge in [-0.2, -0.15) is 10.2 Å². The summed E-state index contributed by atoms with van der Waals surface area (Å²) < 4.78 is 8.87. The molecule has 5 aromatic rings. The van der Waals surface area contributed by atoms with Gasteiger partial charge in [0, 0.05) is 37.6 Å². The number of fused-ring (bicyclic) bond motifs is 5. The van der Waals surface area contributed by atoms with E-state index < -0.39 is 0 Å². The number of anilines is 1. The van der Waals surface area contributed by atoms with Crippen LogP contribution in [0.5, 0.6) is 0 Å². The number of thiazole rings is 1. The fourth-order valence-electron chi connectivity index (χ4n) is 4.28. The summed E-state index contributed by atoms with van der Waals surface area (Å²) in [6, 6.07) is 1.91. The molecule has 0 aromatic carbocycles. The van der Waals surface area contributed by atoms with Crippen LogP contribution >= 0.6 is 11.3 Å². The second-order valence-electron chi connectivity index (χ2n) is 8.49. The lowest BCUT2D eigenvalue weighted by molar-refractivity contribution is -0.119. The van der Waals surface area contributed by atoms with Gasteiger partial charge >= 0.3 is 0 Å². The molecule has 1 saturated heterocycles. The number of morpholine rings is 1. The number of aromatic nitrogens is 6. The molecule has 11 nitrogen and oxygen atoms in total. The first kappa shape index (κ1) is 21.0. The Balaban J connectivity index is 1.32. The maximum absolute atomic E-state index is 13.0. The predicted molar refractivity (Wildman–Crippen MR) is 129 cm³/mol. The van der Waals surface area contributed by atoms with E-state index >= 15 is 0 Å². The molecule has 0 radical (unpaired) electrons. The van der Waals surface area contributed by atoms with Crippen LogP contribution < -0.4 is 10.9 Å². The van der Waals surface area contributed by atoms with Crippen LogP contribution in [0.25, 0.3) is 37.2 Å². The average molecular weight is 479 g/mol. The highest BCUT2D eigenvalue weighted by molar-refractivity contribution is 7.21. The van der Waals surface area contributed by atoms with Gasteiger partial charge in [0.15, 0.2) is 0 Å². The molecule has 0 aliphatic carbocycles. The van der Waals surface area contributed by atoms with Crippen LogP contribution in [0.3, 0.4) is 0 Å². The van der Waals surface area contributed by atoms with Crippen LogP contribution in [0.1, 0.15) is 6.92 Å². The quantitative estimate of drug-likeness (QED) is 0.404. The van der Waals surface area contributed by atoms with E-state index in [9.17, 15) is 9.59 Å². The zero-order valence-corrected chi connectivity index (χ0v) is 19.4. The molecule has 2 N–H and O–H groups in total. The highest BCUT2D eigenvalue weighted by Crippen LogP contribution is 2.33. The molecule has 0 bridgehead atoms. The Morgan fingerprint density at radius 3 is 3.00 bits per heavy atom. The molecule has 34 heavy (non-hydrogen) atoms. The predicted octanol–water partition coefficient (Wildman–Crippen LogP) is 1.85. The molecule has 6 rings (SSSR count). The minimum absolute atomic E-state index is 0.135. The largest absolute Gasteiger partial charge is 0.379 e. The minimum atomic E-state index is -0.246. The molecule has 0 unspecified atom stereocenters. The van der Waals surface area contributed by atoms with Crippen LogP contribution in [-0.4, -0.2) is 72.5 Å². The lowest BCUT2D eigenvalue weighted by atomic mass is 10.2. The van der Waals surface area contributed by atoms with E-state index in [4.69, 9.17) is 4.74 Å². The van der Waals surface area contributed by atoms with E-state index in [1.807, 2.05) is 26.4 Å². The lowest BCUT2D eigenvalue weighted by Gasteiger charge is -2.32. The van der Waals surface area contributed by atoms with Crippen molar-refractivity contribution in [1.82, 2.24) is 34.3 Å². The van der Waals surface area contributed by atoms with Crippen molar-refractivity contribution in [3.8, 4) is 10.4 Å². The third-order valence-electron chi connectivity index (χ3n) is 6.03. The summed E-state index contributed by atoms with van der Waals surface area (Å²) in [6.45, 7) is 4.27. The Bertz CT molecular complexity index is 1610. The number of aryl methyl sites for hydroxylation is 1. The molecular weight excluding hydrogens is 456 g/mol. The first-order valence-corrected chi connectivity index (χ1v) is 11.7. The van der Waals surface area contributed by atoms with Crippen LogP contribution in [-0.2, 0) is 16.6 Å². The summed E-state index contributed by atoms with van der Waals surface area (Å²) in [6.07, 6.45) is 7.19. The van der Waals surface area contributed by atoms with E-state index in [1.54, 1.807) is 27.7 Å². The van der Waals surface area contributed by atoms with Crippen molar-refractivity contribution in [2.45, 2.75) is 13.0 Å². The summed E-state index contributed by atoms with van der Waals surface area (Å²) in [7, 11) is 1.86. The number of ether oxygens (including phenoxy) is 1. The van der Waals surface area contributed by atoms with E-state index in [-0.39, 0.29) is 24.1 Å². The van der Waals surface area contributed by atoms with Crippen molar-refractivity contribution in [2.24, 2.45) is 7.05 Å². The lowest BCUT2D eigenvalue weighted by Crippen LogP contribution is -2.47. The summed E-state index contributed by atoms with van der Waals surface area (Å²) in [4.78, 5) is 36.8. The highest BCUT2D eigenvalue weighted by Gasteiger charge is 2.22. The van der Waals surface area contributed by atoms with Crippen LogP contribution in [0.15, 0.2) is 35.6 Å². The van der Waals surface area contributed by atoms with Crippen molar-refractivity contribution in [3.05, 3.63) is 41.2 Å². The highest BCUT2D eigenvalue weighted by atomic mass is 32.1. The normalized spacial score (nSPS) is 17.2. The Kier molecular flexibility index (Phi) is 4.94. The van der Waals surface area contributed by atoms with Crippen LogP contribution in [0.2, 0.25) is 0 Å². The monoisotopic (exact) mass is 478 g/mol. The molecule has 1 amide bonds. The summed E-state index contributed by atoms with van der Waals surface area (Å²) in [5.74, 6) is -0.135. The fourth-order valence-corrected chi connectivity index (χ4v) is 5.34. The first-order chi connectivity index (χ1) is 16.5. The number of carbonyl (C=O) groups is 1. The number of pyridine rings is 2. The Hall–Kier alpha value is -3.61. The summed E-state index contributed by atoms with van der Waals surface area (Å²) in [5.41, 5.74) is 2.87. The Morgan fingerprint density at radius 1 is 1.32 bits per heavy atom. The van der Waals surface area contributed by atoms with Crippen molar-refractivity contribution in [2.75, 3.05) is 31.6 Å². The van der Waals surface area contributed by atoms with E-state index in [2.05, 4.69) is 30.4 Å². The summed E-state index contributed by atoms with van der Waals surface area (Å²) in [5, 5.41) is 12.2. The number of nitrogens with one attached hydrogen (secondary N) is 2. The van der Waals surface area contributed by atoms with E-state index in [0.717, 1.165) is 21.8 Å². The number of rotatable bonds is 4. The molecule has 0 saturated carbocycles. The van der Waals surface area contributed by atoms with Gasteiger partial charge < -0.3 is 15.0 Å². The number of carbonyl (C=O) groups excluding carboxylic acids is 1. The van der Waals surface area contributed by atoms with Gasteiger partial charge in [-0.1, -0.05) is 0 Å². The number of amides is 1. The van der Waals surface area contributed by atoms with Gasteiger partial charge in [-0.15, -0.1) is 11.3 Å². The second kappa shape index (κ2) is 8.01. The molecular formula is C22H22N8O3S. The first-order valence-electron chi connectivity index (χ1n) is 10.9. The molecule has 1 aliphatic heterocycles. The van der Waals surface area contributed by atoms with E-state index in [1.165, 1.54) is 11.3 Å². The topological polar surface area (TPSA) is 122 Å². The van der Waals surface area contributed by atoms with Gasteiger partial charge in [0.1, 0.15) is 21.3 Å². The van der Waals surface area contributed by atoms with Gasteiger partial charge in [0.05, 0.1) is 48.2 Å². The number of hydrogen-bond donors (Lipinski definition) is 2. The smallest absolute Gasteiger partial charge is 0.261 e. The van der Waals surface area contributed by atoms with Crippen molar-refractivity contribution in [3.63, 3.8) is 0 Å². The standard InChI is InChI=1S/C22H22N8O3S/c1-12-11-33-4-3-29(12)10-17(31)25-14-5-15-19(23-7-14)20-18(21(32)26-15)22-30(27-20)9-16(34-22)13-6-24-28(2)8-13/h5-9,12H,3-4,10-11H2,1-2H3,(H,25,31)(H,26,32)/t12-/m0/s1. The molecule has 174 valence electrons. The number of hydrogen-bond acceptors (Lipinski definition) is 8. The Morgan fingerprint density at radius 2 is 2.21 bits per heavy atom. The minimum Gasteiger partial charge on any atom is -0.379 e. The molecule has 12 heteroatoms. The third-order valence-corrected chi connectivity index (χ3v) is 7.17. The number of nitrogens with zero attached hydrogens (tertiary/aromatic N) is 6. The molecule has 1 atom stereocenters. The molecule has 6 heterocycles. The second-order valence-corrected chi connectivity index (χ2v) is 9.52.